The van der Waals surface area contributed by atoms with Gasteiger partial charge < -0.3 is 4.43 Å². The standard InChI is InChI=1S/C7H15NO2Si/c1-5-7(8-6-9)10-11(2,3)4/h7H,5H2,1-4H3. The average Bonchev–Trinajstić information content (AvgIpc) is 1.84. The van der Waals surface area contributed by atoms with Crippen LogP contribution < -0.4 is 0 Å². The minimum atomic E-state index is -1.55. The number of hydrogen-bond donors (Lipinski definition) is 0. The molecule has 0 N–H and O–H groups in total. The van der Waals surface area contributed by atoms with Crippen LogP contribution in [0.4, 0.5) is 0 Å². The molecule has 0 aliphatic carbocycles. The van der Waals surface area contributed by atoms with Crippen molar-refractivity contribution in [3.8, 4) is 0 Å². The maximum atomic E-state index is 9.90. The van der Waals surface area contributed by atoms with E-state index in [-0.39, 0.29) is 6.23 Å². The second kappa shape index (κ2) is 4.44. The molecule has 1 atom stereocenters. The van der Waals surface area contributed by atoms with E-state index in [2.05, 4.69) is 24.6 Å². The average molecular weight is 173 g/mol. The molecule has 0 radical (unpaired) electrons. The van der Waals surface area contributed by atoms with Crippen LogP contribution >= 0.6 is 0 Å². The fraction of sp³-hybridized carbons (Fsp3) is 0.857. The zero-order valence-corrected chi connectivity index (χ0v) is 8.55. The van der Waals surface area contributed by atoms with E-state index in [1.54, 1.807) is 0 Å². The van der Waals surface area contributed by atoms with Gasteiger partial charge in [0.25, 0.3) is 0 Å². The predicted octanol–water partition coefficient (Wildman–Crippen LogP) is 1.91. The minimum Gasteiger partial charge on any atom is -0.396 e. The normalized spacial score (nSPS) is 13.8. The van der Waals surface area contributed by atoms with Crippen LogP contribution in [-0.2, 0) is 9.22 Å². The van der Waals surface area contributed by atoms with Crippen molar-refractivity contribution in [1.82, 2.24) is 0 Å². The molecular weight excluding hydrogens is 158 g/mol. The molecule has 1 unspecified atom stereocenters. The number of carbonyl (C=O) groups excluding carboxylic acids is 1. The van der Waals surface area contributed by atoms with Crippen molar-refractivity contribution in [2.45, 2.75) is 39.2 Å². The third-order valence-corrected chi connectivity index (χ3v) is 2.01. The highest BCUT2D eigenvalue weighted by Crippen LogP contribution is 2.09. The van der Waals surface area contributed by atoms with E-state index in [0.29, 0.717) is 0 Å². The summed E-state index contributed by atoms with van der Waals surface area (Å²) in [6.07, 6.45) is 1.97. The molecule has 0 aromatic heterocycles. The summed E-state index contributed by atoms with van der Waals surface area (Å²) < 4.78 is 5.54. The highest BCUT2D eigenvalue weighted by molar-refractivity contribution is 6.69. The van der Waals surface area contributed by atoms with Crippen molar-refractivity contribution in [1.29, 1.82) is 0 Å². The van der Waals surface area contributed by atoms with Crippen LogP contribution in [0.2, 0.25) is 19.6 Å². The Hall–Kier alpha value is -0.443. The lowest BCUT2D eigenvalue weighted by atomic mass is 10.4. The van der Waals surface area contributed by atoms with Crippen molar-refractivity contribution < 1.29 is 9.22 Å². The molecule has 0 saturated carbocycles. The summed E-state index contributed by atoms with van der Waals surface area (Å²) >= 11 is 0. The van der Waals surface area contributed by atoms with Crippen LogP contribution in [0.5, 0.6) is 0 Å². The molecule has 0 bridgehead atoms. The van der Waals surface area contributed by atoms with E-state index in [9.17, 15) is 4.79 Å². The first-order valence-electron chi connectivity index (χ1n) is 3.74. The molecule has 64 valence electrons. The largest absolute Gasteiger partial charge is 0.396 e. The highest BCUT2D eigenvalue weighted by Gasteiger charge is 2.18. The molecule has 0 saturated heterocycles. The van der Waals surface area contributed by atoms with Gasteiger partial charge in [0.1, 0.15) is 6.23 Å². The SMILES string of the molecule is CCC(N=C=O)O[Si](C)(C)C. The number of nitrogens with zero attached hydrogens (tertiary/aromatic N) is 1. The van der Waals surface area contributed by atoms with Crippen LogP contribution in [-0.4, -0.2) is 20.6 Å². The first-order valence-corrected chi connectivity index (χ1v) is 7.15. The molecule has 0 aliphatic rings. The molecular formula is C7H15NO2Si. The van der Waals surface area contributed by atoms with E-state index < -0.39 is 8.32 Å². The third kappa shape index (κ3) is 5.98. The molecule has 11 heavy (non-hydrogen) atoms. The summed E-state index contributed by atoms with van der Waals surface area (Å²) in [6, 6.07) is 0. The molecule has 0 aromatic rings. The Kier molecular flexibility index (Phi) is 4.26. The van der Waals surface area contributed by atoms with Crippen molar-refractivity contribution in [2.75, 3.05) is 0 Å². The van der Waals surface area contributed by atoms with Gasteiger partial charge in [-0.25, -0.2) is 4.79 Å². The quantitative estimate of drug-likeness (QED) is 0.370. The zero-order valence-electron chi connectivity index (χ0n) is 7.55. The maximum Gasteiger partial charge on any atom is 0.237 e. The zero-order chi connectivity index (χ0) is 8.91. The smallest absolute Gasteiger partial charge is 0.237 e. The molecule has 0 aliphatic heterocycles. The van der Waals surface area contributed by atoms with Crippen molar-refractivity contribution in [3.05, 3.63) is 0 Å². The molecule has 0 aromatic carbocycles. The van der Waals surface area contributed by atoms with Crippen LogP contribution in [0.3, 0.4) is 0 Å². The fourth-order valence-corrected chi connectivity index (χ4v) is 1.70. The van der Waals surface area contributed by atoms with E-state index >= 15 is 0 Å². The molecule has 3 nitrogen and oxygen atoms in total. The van der Waals surface area contributed by atoms with Gasteiger partial charge in [0.05, 0.1) is 0 Å². The van der Waals surface area contributed by atoms with Crippen molar-refractivity contribution in [3.63, 3.8) is 0 Å². The van der Waals surface area contributed by atoms with E-state index in [1.807, 2.05) is 6.92 Å². The third-order valence-electron chi connectivity index (χ3n) is 1.04. The predicted molar refractivity (Wildman–Crippen MR) is 46.6 cm³/mol. The highest BCUT2D eigenvalue weighted by atomic mass is 28.4. The molecule has 0 amide bonds. The molecule has 0 spiro atoms. The topological polar surface area (TPSA) is 38.7 Å². The Morgan fingerprint density at radius 2 is 2.09 bits per heavy atom. The first kappa shape index (κ1) is 10.6. The van der Waals surface area contributed by atoms with Crippen LogP contribution in [0.15, 0.2) is 4.99 Å². The van der Waals surface area contributed by atoms with Gasteiger partial charge in [-0.15, -0.1) is 0 Å². The molecule has 0 heterocycles. The molecule has 4 heteroatoms. The Morgan fingerprint density at radius 1 is 1.55 bits per heavy atom. The van der Waals surface area contributed by atoms with Gasteiger partial charge >= 0.3 is 0 Å². The minimum absolute atomic E-state index is 0.279. The second-order valence-electron chi connectivity index (χ2n) is 3.31. The Balaban J connectivity index is 3.98. The fourth-order valence-electron chi connectivity index (χ4n) is 0.668. The summed E-state index contributed by atoms with van der Waals surface area (Å²) in [5, 5.41) is 0. The lowest BCUT2D eigenvalue weighted by Crippen LogP contribution is -2.30. The number of hydrogen-bond acceptors (Lipinski definition) is 3. The van der Waals surface area contributed by atoms with Gasteiger partial charge in [-0.2, -0.15) is 4.99 Å². The van der Waals surface area contributed by atoms with Gasteiger partial charge in [0.15, 0.2) is 8.32 Å². The molecule has 0 rings (SSSR count). The lowest BCUT2D eigenvalue weighted by Gasteiger charge is -2.21. The Labute approximate surface area is 68.6 Å². The van der Waals surface area contributed by atoms with E-state index in [4.69, 9.17) is 4.43 Å². The second-order valence-corrected chi connectivity index (χ2v) is 7.77. The van der Waals surface area contributed by atoms with E-state index in [0.717, 1.165) is 6.42 Å². The molecule has 0 fully saturated rings. The number of rotatable bonds is 4. The Bertz CT molecular complexity index is 158. The monoisotopic (exact) mass is 173 g/mol. The van der Waals surface area contributed by atoms with Crippen molar-refractivity contribution in [2.24, 2.45) is 4.99 Å². The van der Waals surface area contributed by atoms with Crippen LogP contribution in [0.25, 0.3) is 0 Å². The number of isocyanates is 1. The van der Waals surface area contributed by atoms with Gasteiger partial charge in [0, 0.05) is 0 Å². The van der Waals surface area contributed by atoms with Gasteiger partial charge in [0.2, 0.25) is 6.08 Å². The van der Waals surface area contributed by atoms with Gasteiger partial charge in [-0.05, 0) is 26.1 Å². The first-order chi connectivity index (χ1) is 4.99. The van der Waals surface area contributed by atoms with Crippen molar-refractivity contribution >= 4 is 14.4 Å². The van der Waals surface area contributed by atoms with E-state index in [1.165, 1.54) is 6.08 Å². The summed E-state index contributed by atoms with van der Waals surface area (Å²) in [5.41, 5.74) is 0. The summed E-state index contributed by atoms with van der Waals surface area (Å²) in [7, 11) is -1.55. The van der Waals surface area contributed by atoms with Crippen LogP contribution in [0.1, 0.15) is 13.3 Å². The number of aliphatic imine (C=N–C) groups is 1. The summed E-state index contributed by atoms with van der Waals surface area (Å²) in [4.78, 5) is 13.4. The maximum absolute atomic E-state index is 9.90. The van der Waals surface area contributed by atoms with Gasteiger partial charge in [-0.1, -0.05) is 6.92 Å². The summed E-state index contributed by atoms with van der Waals surface area (Å²) in [6.45, 7) is 8.13. The lowest BCUT2D eigenvalue weighted by molar-refractivity contribution is 0.199. The van der Waals surface area contributed by atoms with Gasteiger partial charge in [-0.3, -0.25) is 0 Å². The Morgan fingerprint density at radius 3 is 2.36 bits per heavy atom. The summed E-state index contributed by atoms with van der Waals surface area (Å²) in [5.74, 6) is 0. The van der Waals surface area contributed by atoms with Crippen LogP contribution in [0, 0.1) is 0 Å².